The monoisotopic (exact) mass is 273 g/mol. The van der Waals surface area contributed by atoms with Crippen molar-refractivity contribution < 1.29 is 9.90 Å². The van der Waals surface area contributed by atoms with Crippen LogP contribution in [-0.2, 0) is 6.54 Å². The molecule has 0 saturated carbocycles. The maximum Gasteiger partial charge on any atom is 0.254 e. The Balaban J connectivity index is 2.09. The van der Waals surface area contributed by atoms with Gasteiger partial charge in [0, 0.05) is 12.2 Å². The van der Waals surface area contributed by atoms with Crippen LogP contribution >= 0.6 is 0 Å². The highest BCUT2D eigenvalue weighted by Gasteiger charge is 2.14. The van der Waals surface area contributed by atoms with Gasteiger partial charge < -0.3 is 10.4 Å². The van der Waals surface area contributed by atoms with Crippen LogP contribution in [0.2, 0.25) is 0 Å². The fraction of sp³-hybridized carbons (Fsp3) is 0.333. The highest BCUT2D eigenvalue weighted by Crippen LogP contribution is 2.10. The van der Waals surface area contributed by atoms with Crippen LogP contribution < -0.4 is 5.32 Å². The number of aromatic nitrogens is 2. The van der Waals surface area contributed by atoms with Gasteiger partial charge in [-0.2, -0.15) is 5.10 Å². The maximum absolute atomic E-state index is 12.0. The summed E-state index contributed by atoms with van der Waals surface area (Å²) in [6.07, 6.45) is 1.01. The fourth-order valence-electron chi connectivity index (χ4n) is 1.92. The Morgan fingerprint density at radius 3 is 2.75 bits per heavy atom. The van der Waals surface area contributed by atoms with Gasteiger partial charge >= 0.3 is 0 Å². The number of carbonyl (C=O) groups excluding carboxylic acids is 1. The van der Waals surface area contributed by atoms with Gasteiger partial charge in [0.1, 0.15) is 0 Å². The minimum atomic E-state index is -0.557. The molecule has 0 spiro atoms. The molecule has 0 radical (unpaired) electrons. The molecule has 0 aliphatic heterocycles. The molecule has 2 N–H and O–H groups in total. The zero-order chi connectivity index (χ0) is 14.5. The second kappa shape index (κ2) is 6.34. The molecule has 106 valence electrons. The summed E-state index contributed by atoms with van der Waals surface area (Å²) in [7, 11) is 0. The summed E-state index contributed by atoms with van der Waals surface area (Å²) in [6, 6.07) is 9.96. The Kier molecular flexibility index (Phi) is 4.53. The van der Waals surface area contributed by atoms with Crippen molar-refractivity contribution in [2.75, 3.05) is 6.54 Å². The highest BCUT2D eigenvalue weighted by molar-refractivity contribution is 5.95. The average Bonchev–Trinajstić information content (AvgIpc) is 2.79. The van der Waals surface area contributed by atoms with E-state index in [1.807, 2.05) is 37.3 Å². The number of aliphatic hydroxyl groups is 1. The largest absolute Gasteiger partial charge is 0.392 e. The summed E-state index contributed by atoms with van der Waals surface area (Å²) in [4.78, 5) is 12.0. The number of aliphatic hydroxyl groups excluding tert-OH is 1. The lowest BCUT2D eigenvalue weighted by atomic mass is 10.2. The van der Waals surface area contributed by atoms with Gasteiger partial charge in [0.15, 0.2) is 0 Å². The molecular formula is C15H19N3O2. The number of nitrogens with one attached hydrogen (secondary N) is 1. The number of rotatable bonds is 5. The quantitative estimate of drug-likeness (QED) is 0.864. The highest BCUT2D eigenvalue weighted by atomic mass is 16.3. The Morgan fingerprint density at radius 1 is 1.40 bits per heavy atom. The number of hydrogen-bond acceptors (Lipinski definition) is 3. The van der Waals surface area contributed by atoms with E-state index in [1.165, 1.54) is 0 Å². The number of hydrogen-bond donors (Lipinski definition) is 2. The lowest BCUT2D eigenvalue weighted by Gasteiger charge is -2.08. The van der Waals surface area contributed by atoms with E-state index >= 15 is 0 Å². The molecule has 5 heteroatoms. The van der Waals surface area contributed by atoms with Gasteiger partial charge in [0.05, 0.1) is 24.4 Å². The molecule has 1 amide bonds. The van der Waals surface area contributed by atoms with Crippen molar-refractivity contribution in [3.8, 4) is 0 Å². The number of amides is 1. The SMILES string of the molecule is Cc1c(C(=O)NCC(C)O)cnn1Cc1ccccc1. The third-order valence-electron chi connectivity index (χ3n) is 3.08. The van der Waals surface area contributed by atoms with Gasteiger partial charge in [0.25, 0.3) is 5.91 Å². The molecule has 20 heavy (non-hydrogen) atoms. The van der Waals surface area contributed by atoms with E-state index in [0.717, 1.165) is 11.3 Å². The van der Waals surface area contributed by atoms with E-state index in [4.69, 9.17) is 0 Å². The molecule has 2 aromatic rings. The van der Waals surface area contributed by atoms with Gasteiger partial charge in [-0.15, -0.1) is 0 Å². The Bertz CT molecular complexity index is 576. The second-order valence-corrected chi connectivity index (χ2v) is 4.85. The van der Waals surface area contributed by atoms with Gasteiger partial charge in [0.2, 0.25) is 0 Å². The Labute approximate surface area is 118 Å². The molecule has 1 heterocycles. The van der Waals surface area contributed by atoms with Crippen LogP contribution in [0.3, 0.4) is 0 Å². The molecule has 1 aromatic heterocycles. The molecule has 0 bridgehead atoms. The van der Waals surface area contributed by atoms with Crippen LogP contribution in [0.1, 0.15) is 28.5 Å². The molecule has 1 aromatic carbocycles. The zero-order valence-corrected chi connectivity index (χ0v) is 11.7. The molecule has 5 nitrogen and oxygen atoms in total. The number of nitrogens with zero attached hydrogens (tertiary/aromatic N) is 2. The van der Waals surface area contributed by atoms with Crippen molar-refractivity contribution >= 4 is 5.91 Å². The summed E-state index contributed by atoms with van der Waals surface area (Å²) in [5.74, 6) is -0.206. The molecular weight excluding hydrogens is 254 g/mol. The minimum Gasteiger partial charge on any atom is -0.392 e. The molecule has 1 atom stereocenters. The molecule has 1 unspecified atom stereocenters. The van der Waals surface area contributed by atoms with E-state index in [2.05, 4.69) is 10.4 Å². The van der Waals surface area contributed by atoms with Crippen molar-refractivity contribution in [3.63, 3.8) is 0 Å². The van der Waals surface area contributed by atoms with E-state index in [9.17, 15) is 9.90 Å². The summed E-state index contributed by atoms with van der Waals surface area (Å²) < 4.78 is 1.80. The summed E-state index contributed by atoms with van der Waals surface area (Å²) >= 11 is 0. The van der Waals surface area contributed by atoms with E-state index in [0.29, 0.717) is 12.1 Å². The second-order valence-electron chi connectivity index (χ2n) is 4.85. The predicted octanol–water partition coefficient (Wildman–Crippen LogP) is 1.35. The van der Waals surface area contributed by atoms with Crippen molar-refractivity contribution in [3.05, 3.63) is 53.3 Å². The van der Waals surface area contributed by atoms with Gasteiger partial charge in [-0.1, -0.05) is 30.3 Å². The Morgan fingerprint density at radius 2 is 2.10 bits per heavy atom. The zero-order valence-electron chi connectivity index (χ0n) is 11.7. The van der Waals surface area contributed by atoms with Crippen LogP contribution in [0, 0.1) is 6.92 Å². The van der Waals surface area contributed by atoms with E-state index < -0.39 is 6.10 Å². The topological polar surface area (TPSA) is 67.2 Å². The van der Waals surface area contributed by atoms with Gasteiger partial charge in [-0.05, 0) is 19.4 Å². The Hall–Kier alpha value is -2.14. The lowest BCUT2D eigenvalue weighted by Crippen LogP contribution is -2.30. The maximum atomic E-state index is 12.0. The van der Waals surface area contributed by atoms with Gasteiger partial charge in [-0.25, -0.2) is 0 Å². The first-order valence-electron chi connectivity index (χ1n) is 6.60. The third kappa shape index (κ3) is 3.45. The normalized spacial score (nSPS) is 12.2. The minimum absolute atomic E-state index is 0.206. The van der Waals surface area contributed by atoms with E-state index in [-0.39, 0.29) is 12.5 Å². The standard InChI is InChI=1S/C15H19N3O2/c1-11(19)8-16-15(20)14-9-17-18(12(14)2)10-13-6-4-3-5-7-13/h3-7,9,11,19H,8,10H2,1-2H3,(H,16,20). The van der Waals surface area contributed by atoms with Crippen molar-refractivity contribution in [1.29, 1.82) is 0 Å². The molecule has 0 saturated heterocycles. The summed E-state index contributed by atoms with van der Waals surface area (Å²) in [5, 5.41) is 16.1. The average molecular weight is 273 g/mol. The molecule has 0 aliphatic rings. The molecule has 0 fully saturated rings. The van der Waals surface area contributed by atoms with Crippen molar-refractivity contribution in [2.24, 2.45) is 0 Å². The number of benzene rings is 1. The van der Waals surface area contributed by atoms with Crippen LogP contribution in [0.4, 0.5) is 0 Å². The summed E-state index contributed by atoms with van der Waals surface area (Å²) in [5.41, 5.74) is 2.49. The predicted molar refractivity (Wildman–Crippen MR) is 76.5 cm³/mol. The van der Waals surface area contributed by atoms with Crippen LogP contribution in [0.15, 0.2) is 36.5 Å². The smallest absolute Gasteiger partial charge is 0.254 e. The first kappa shape index (κ1) is 14.3. The third-order valence-corrected chi connectivity index (χ3v) is 3.08. The molecule has 0 aliphatic carbocycles. The summed E-state index contributed by atoms with van der Waals surface area (Å²) in [6.45, 7) is 4.37. The van der Waals surface area contributed by atoms with Crippen molar-refractivity contribution in [2.45, 2.75) is 26.5 Å². The fourth-order valence-corrected chi connectivity index (χ4v) is 1.92. The van der Waals surface area contributed by atoms with E-state index in [1.54, 1.807) is 17.8 Å². The van der Waals surface area contributed by atoms with Crippen LogP contribution in [0.5, 0.6) is 0 Å². The van der Waals surface area contributed by atoms with Gasteiger partial charge in [-0.3, -0.25) is 9.48 Å². The first-order valence-corrected chi connectivity index (χ1v) is 6.60. The lowest BCUT2D eigenvalue weighted by molar-refractivity contribution is 0.0923. The van der Waals surface area contributed by atoms with Crippen LogP contribution in [0.25, 0.3) is 0 Å². The first-order chi connectivity index (χ1) is 9.58. The van der Waals surface area contributed by atoms with Crippen LogP contribution in [-0.4, -0.2) is 33.4 Å². The van der Waals surface area contributed by atoms with Crippen molar-refractivity contribution in [1.82, 2.24) is 15.1 Å². The number of carbonyl (C=O) groups is 1. The molecule has 2 rings (SSSR count).